The fourth-order valence-electron chi connectivity index (χ4n) is 8.89. The Morgan fingerprint density at radius 2 is 1.91 bits per heavy atom. The first kappa shape index (κ1) is 21.5. The number of fused-ring (bicyclic) bond motifs is 7. The molecule has 0 amide bonds. The monoisotopic (exact) mass is 442 g/mol. The Bertz CT molecular complexity index is 898. The lowest BCUT2D eigenvalue weighted by molar-refractivity contribution is -0.272. The maximum Gasteiger partial charge on any atom is 0.184 e. The van der Waals surface area contributed by atoms with Gasteiger partial charge in [0.25, 0.3) is 0 Å². The summed E-state index contributed by atoms with van der Waals surface area (Å²) in [4.78, 5) is 12.2. The predicted molar refractivity (Wildman–Crippen MR) is 119 cm³/mol. The smallest absolute Gasteiger partial charge is 0.184 e. The van der Waals surface area contributed by atoms with Crippen LogP contribution in [-0.4, -0.2) is 46.7 Å². The fourth-order valence-corrected chi connectivity index (χ4v) is 8.89. The van der Waals surface area contributed by atoms with Crippen LogP contribution >= 0.6 is 0 Å². The van der Waals surface area contributed by atoms with E-state index in [1.165, 1.54) is 5.57 Å². The van der Waals surface area contributed by atoms with E-state index in [4.69, 9.17) is 9.47 Å². The van der Waals surface area contributed by atoms with E-state index in [1.54, 1.807) is 6.08 Å². The third-order valence-corrected chi connectivity index (χ3v) is 10.8. The molecule has 2 N–H and O–H groups in total. The summed E-state index contributed by atoms with van der Waals surface area (Å²) in [6.07, 6.45) is 7.73. The molecule has 2 heterocycles. The second-order valence-electron chi connectivity index (χ2n) is 12.3. The summed E-state index contributed by atoms with van der Waals surface area (Å²) < 4.78 is 13.1. The Hall–Kier alpha value is -1.01. The average molecular weight is 443 g/mol. The van der Waals surface area contributed by atoms with Crippen LogP contribution in [0.1, 0.15) is 66.2 Å². The van der Waals surface area contributed by atoms with Crippen LogP contribution in [0.15, 0.2) is 23.3 Å². The minimum absolute atomic E-state index is 0.117. The highest BCUT2D eigenvalue weighted by Gasteiger charge is 2.70. The van der Waals surface area contributed by atoms with Crippen molar-refractivity contribution in [2.75, 3.05) is 6.61 Å². The van der Waals surface area contributed by atoms with Gasteiger partial charge in [0.1, 0.15) is 6.10 Å². The molecule has 6 aliphatic rings. The minimum atomic E-state index is -0.925. The Labute approximate surface area is 191 Å². The highest BCUT2D eigenvalue weighted by Crippen LogP contribution is 2.69. The van der Waals surface area contributed by atoms with Crippen molar-refractivity contribution >= 4 is 5.78 Å². The molecule has 0 aromatic carbocycles. The Kier molecular flexibility index (Phi) is 4.56. The lowest BCUT2D eigenvalue weighted by Crippen LogP contribution is -2.55. The van der Waals surface area contributed by atoms with E-state index in [0.29, 0.717) is 18.8 Å². The van der Waals surface area contributed by atoms with Crippen molar-refractivity contribution < 1.29 is 24.5 Å². The largest absolute Gasteiger partial charge is 0.393 e. The van der Waals surface area contributed by atoms with E-state index >= 15 is 0 Å². The molecule has 1 spiro atoms. The molecule has 5 heteroatoms. The van der Waals surface area contributed by atoms with Gasteiger partial charge in [-0.2, -0.15) is 0 Å². The second kappa shape index (κ2) is 6.78. The first-order chi connectivity index (χ1) is 15.1. The number of carbonyl (C=O) groups excluding carboxylic acids is 1. The van der Waals surface area contributed by atoms with E-state index in [0.717, 1.165) is 37.9 Å². The fraction of sp³-hybridized carbons (Fsp3) is 0.815. The zero-order chi connectivity index (χ0) is 22.6. The second-order valence-corrected chi connectivity index (χ2v) is 12.3. The molecule has 11 atom stereocenters. The van der Waals surface area contributed by atoms with E-state index in [-0.39, 0.29) is 46.4 Å². The van der Waals surface area contributed by atoms with Crippen LogP contribution in [-0.2, 0) is 14.3 Å². The molecule has 176 valence electrons. The molecule has 0 aromatic heterocycles. The van der Waals surface area contributed by atoms with Gasteiger partial charge in [0.05, 0.1) is 18.8 Å². The first-order valence-corrected chi connectivity index (χ1v) is 12.7. The molecule has 2 aliphatic heterocycles. The quantitative estimate of drug-likeness (QED) is 0.559. The summed E-state index contributed by atoms with van der Waals surface area (Å²) in [5.41, 5.74) is 2.08. The molecule has 5 unspecified atom stereocenters. The highest BCUT2D eigenvalue weighted by molar-refractivity contribution is 5.95. The first-order valence-electron chi connectivity index (χ1n) is 12.7. The number of hydrogen-bond donors (Lipinski definition) is 2. The number of carbonyl (C=O) groups is 1. The number of ketones is 1. The molecule has 6 rings (SSSR count). The molecule has 0 aromatic rings. The molecule has 0 radical (unpaired) electrons. The van der Waals surface area contributed by atoms with Gasteiger partial charge in [-0.25, -0.2) is 0 Å². The predicted octanol–water partition coefficient (Wildman–Crippen LogP) is 3.78. The number of aliphatic hydroxyl groups excluding tert-OH is 2. The lowest BCUT2D eigenvalue weighted by Gasteiger charge is -2.57. The van der Waals surface area contributed by atoms with Crippen LogP contribution in [0.2, 0.25) is 0 Å². The van der Waals surface area contributed by atoms with Gasteiger partial charge < -0.3 is 19.7 Å². The zero-order valence-corrected chi connectivity index (χ0v) is 19.8. The van der Waals surface area contributed by atoms with Crippen LogP contribution in [0.4, 0.5) is 0 Å². The minimum Gasteiger partial charge on any atom is -0.393 e. The van der Waals surface area contributed by atoms with Crippen LogP contribution in [0.3, 0.4) is 0 Å². The van der Waals surface area contributed by atoms with Crippen LogP contribution in [0.25, 0.3) is 0 Å². The van der Waals surface area contributed by atoms with E-state index in [1.807, 2.05) is 0 Å². The van der Waals surface area contributed by atoms with Crippen molar-refractivity contribution in [2.24, 2.45) is 40.4 Å². The van der Waals surface area contributed by atoms with Gasteiger partial charge in [0.2, 0.25) is 0 Å². The number of aliphatic hydroxyl groups is 2. The SMILES string of the molecule is CC1CC[C@@]2(OC1)OC1CC3C4=CCC5=CC(=O)[C@@H](O)C[C@]5(C)C4C[C@H](O)[C@]3(C)C1[C@@H]2C. The molecule has 2 saturated carbocycles. The third kappa shape index (κ3) is 2.57. The van der Waals surface area contributed by atoms with E-state index in [9.17, 15) is 15.0 Å². The van der Waals surface area contributed by atoms with Crippen molar-refractivity contribution in [1.82, 2.24) is 0 Å². The summed E-state index contributed by atoms with van der Waals surface area (Å²) in [5, 5.41) is 22.1. The van der Waals surface area contributed by atoms with E-state index < -0.39 is 18.0 Å². The van der Waals surface area contributed by atoms with Gasteiger partial charge >= 0.3 is 0 Å². The molecular formula is C27H38O5. The summed E-state index contributed by atoms with van der Waals surface area (Å²) in [6.45, 7) is 9.77. The van der Waals surface area contributed by atoms with Gasteiger partial charge in [-0.15, -0.1) is 0 Å². The molecule has 2 saturated heterocycles. The van der Waals surface area contributed by atoms with Crippen LogP contribution < -0.4 is 0 Å². The molecular weight excluding hydrogens is 404 g/mol. The van der Waals surface area contributed by atoms with E-state index in [2.05, 4.69) is 33.8 Å². The van der Waals surface area contributed by atoms with Crippen molar-refractivity contribution in [3.8, 4) is 0 Å². The topological polar surface area (TPSA) is 76.0 Å². The summed E-state index contributed by atoms with van der Waals surface area (Å²) in [6, 6.07) is 0. The van der Waals surface area contributed by atoms with Crippen molar-refractivity contribution in [3.05, 3.63) is 23.3 Å². The number of allylic oxidation sites excluding steroid dienone is 3. The molecule has 4 aliphatic carbocycles. The molecule has 32 heavy (non-hydrogen) atoms. The molecule has 4 fully saturated rings. The summed E-state index contributed by atoms with van der Waals surface area (Å²) in [7, 11) is 0. The average Bonchev–Trinajstić information content (AvgIpc) is 3.19. The normalized spacial score (nSPS) is 56.8. The van der Waals surface area contributed by atoms with Crippen LogP contribution in [0, 0.1) is 40.4 Å². The molecule has 5 nitrogen and oxygen atoms in total. The van der Waals surface area contributed by atoms with Crippen molar-refractivity contribution in [3.63, 3.8) is 0 Å². The van der Waals surface area contributed by atoms with Gasteiger partial charge in [-0.05, 0) is 61.3 Å². The van der Waals surface area contributed by atoms with Gasteiger partial charge in [0.15, 0.2) is 11.6 Å². The standard InChI is InChI=1S/C27H38O5/c1-14-7-8-27(31-13-14)15(2)24-22(32-27)10-19-17-6-5-16-9-20(28)21(29)12-25(16,3)18(17)11-23(30)26(19,24)4/h6,9,14-15,18-19,21-24,29-30H,5,7-8,10-13H2,1-4H3/t14?,15-,18?,19?,21-,22?,23-,24?,25-,26+,27+/m0/s1. The van der Waals surface area contributed by atoms with Gasteiger partial charge in [-0.1, -0.05) is 44.9 Å². The maximum absolute atomic E-state index is 12.2. The van der Waals surface area contributed by atoms with Gasteiger partial charge in [0, 0.05) is 23.7 Å². The Morgan fingerprint density at radius 3 is 2.62 bits per heavy atom. The molecule has 0 bridgehead atoms. The van der Waals surface area contributed by atoms with Gasteiger partial charge in [-0.3, -0.25) is 4.79 Å². The Balaban J connectivity index is 1.35. The number of rotatable bonds is 0. The highest BCUT2D eigenvalue weighted by atomic mass is 16.7. The lowest BCUT2D eigenvalue weighted by atomic mass is 9.48. The Morgan fingerprint density at radius 1 is 1.12 bits per heavy atom. The van der Waals surface area contributed by atoms with Crippen LogP contribution in [0.5, 0.6) is 0 Å². The summed E-state index contributed by atoms with van der Waals surface area (Å²) >= 11 is 0. The number of ether oxygens (including phenoxy) is 2. The van der Waals surface area contributed by atoms with Crippen molar-refractivity contribution in [1.29, 1.82) is 0 Å². The zero-order valence-electron chi connectivity index (χ0n) is 19.8. The van der Waals surface area contributed by atoms with Crippen molar-refractivity contribution in [2.45, 2.75) is 90.3 Å². The third-order valence-electron chi connectivity index (χ3n) is 10.8. The summed E-state index contributed by atoms with van der Waals surface area (Å²) in [5.74, 6) is 0.916. The number of hydrogen-bond acceptors (Lipinski definition) is 5. The maximum atomic E-state index is 12.2.